The van der Waals surface area contributed by atoms with E-state index in [1.54, 1.807) is 4.90 Å². The average molecular weight is 262 g/mol. The molecule has 1 amide bonds. The van der Waals surface area contributed by atoms with E-state index in [4.69, 9.17) is 5.73 Å². The van der Waals surface area contributed by atoms with E-state index in [0.29, 0.717) is 25.9 Å². The topological polar surface area (TPSA) is 80.5 Å². The summed E-state index contributed by atoms with van der Waals surface area (Å²) < 4.78 is 22.8. The zero-order valence-electron chi connectivity index (χ0n) is 10.4. The first-order valence-corrected chi connectivity index (χ1v) is 8.03. The molecule has 1 heterocycles. The number of nitrogens with zero attached hydrogens (tertiary/aromatic N) is 1. The van der Waals surface area contributed by atoms with Gasteiger partial charge in [-0.15, -0.1) is 0 Å². The van der Waals surface area contributed by atoms with Crippen molar-refractivity contribution in [2.24, 2.45) is 5.73 Å². The van der Waals surface area contributed by atoms with E-state index in [0.717, 1.165) is 12.8 Å². The van der Waals surface area contributed by atoms with Gasteiger partial charge >= 0.3 is 0 Å². The van der Waals surface area contributed by atoms with Crippen LogP contribution >= 0.6 is 0 Å². The third kappa shape index (κ3) is 4.63. The van der Waals surface area contributed by atoms with Crippen LogP contribution in [0.5, 0.6) is 0 Å². The minimum atomic E-state index is -2.96. The Labute approximate surface area is 103 Å². The van der Waals surface area contributed by atoms with Crippen LogP contribution < -0.4 is 5.73 Å². The summed E-state index contributed by atoms with van der Waals surface area (Å²) in [6.07, 6.45) is 3.14. The van der Waals surface area contributed by atoms with Gasteiger partial charge in [-0.25, -0.2) is 8.42 Å². The van der Waals surface area contributed by atoms with Gasteiger partial charge in [0.05, 0.1) is 17.5 Å². The Morgan fingerprint density at radius 2 is 2.06 bits per heavy atom. The molecular formula is C11H22N2O3S. The van der Waals surface area contributed by atoms with Crippen molar-refractivity contribution in [3.05, 3.63) is 0 Å². The van der Waals surface area contributed by atoms with Crippen LogP contribution in [0.2, 0.25) is 0 Å². The average Bonchev–Trinajstić information content (AvgIpc) is 2.46. The molecule has 0 spiro atoms. The fraction of sp³-hybridized carbons (Fsp3) is 0.909. The highest BCUT2D eigenvalue weighted by molar-refractivity contribution is 7.91. The summed E-state index contributed by atoms with van der Waals surface area (Å²) in [5.41, 5.74) is 5.81. The van der Waals surface area contributed by atoms with E-state index in [1.165, 1.54) is 0 Å². The molecule has 1 unspecified atom stereocenters. The molecule has 0 saturated carbocycles. The van der Waals surface area contributed by atoms with Gasteiger partial charge in [0.2, 0.25) is 5.91 Å². The van der Waals surface area contributed by atoms with E-state index in [-0.39, 0.29) is 17.4 Å². The fourth-order valence-electron chi connectivity index (χ4n) is 1.94. The number of rotatable bonds is 4. The molecule has 1 aliphatic rings. The van der Waals surface area contributed by atoms with Crippen LogP contribution in [0.15, 0.2) is 0 Å². The quantitative estimate of drug-likeness (QED) is 0.782. The monoisotopic (exact) mass is 262 g/mol. The summed E-state index contributed by atoms with van der Waals surface area (Å²) >= 11 is 0. The molecule has 2 N–H and O–H groups in total. The molecule has 17 heavy (non-hydrogen) atoms. The van der Waals surface area contributed by atoms with Gasteiger partial charge in [0.25, 0.3) is 0 Å². The lowest BCUT2D eigenvalue weighted by molar-refractivity contribution is -0.132. The number of unbranched alkanes of at least 4 members (excludes halogenated alkanes) is 1. The van der Waals surface area contributed by atoms with E-state index < -0.39 is 15.9 Å². The molecule has 6 heteroatoms. The van der Waals surface area contributed by atoms with E-state index in [9.17, 15) is 13.2 Å². The van der Waals surface area contributed by atoms with Crippen molar-refractivity contribution in [3.63, 3.8) is 0 Å². The Balaban J connectivity index is 2.52. The molecule has 1 saturated heterocycles. The second-order valence-corrected chi connectivity index (χ2v) is 6.88. The second kappa shape index (κ2) is 6.35. The van der Waals surface area contributed by atoms with Crippen LogP contribution in [0.25, 0.3) is 0 Å². The highest BCUT2D eigenvalue weighted by Gasteiger charge is 2.25. The highest BCUT2D eigenvalue weighted by Crippen LogP contribution is 2.08. The van der Waals surface area contributed by atoms with E-state index >= 15 is 0 Å². The van der Waals surface area contributed by atoms with Gasteiger partial charge in [-0.2, -0.15) is 0 Å². The number of hydrogen-bond donors (Lipinski definition) is 1. The summed E-state index contributed by atoms with van der Waals surface area (Å²) in [4.78, 5) is 13.6. The minimum Gasteiger partial charge on any atom is -0.340 e. The lowest BCUT2D eigenvalue weighted by Crippen LogP contribution is -2.44. The molecule has 0 aromatic heterocycles. The summed E-state index contributed by atoms with van der Waals surface area (Å²) in [6.45, 7) is 2.86. The Kier molecular flexibility index (Phi) is 5.39. The van der Waals surface area contributed by atoms with Crippen molar-refractivity contribution in [1.29, 1.82) is 0 Å². The van der Waals surface area contributed by atoms with Gasteiger partial charge < -0.3 is 10.6 Å². The molecule has 1 atom stereocenters. The first-order valence-electron chi connectivity index (χ1n) is 6.21. The van der Waals surface area contributed by atoms with Crippen molar-refractivity contribution in [2.75, 3.05) is 24.6 Å². The SMILES string of the molecule is CCCCC(N)C(=O)N1CCCS(=O)(=O)CC1. The predicted molar refractivity (Wildman–Crippen MR) is 67.4 cm³/mol. The van der Waals surface area contributed by atoms with E-state index in [1.807, 2.05) is 0 Å². The Morgan fingerprint density at radius 1 is 1.35 bits per heavy atom. The first-order chi connectivity index (χ1) is 7.96. The standard InChI is InChI=1S/C11H22N2O3S/c1-2-3-5-10(12)11(14)13-6-4-8-17(15,16)9-7-13/h10H,2-9,12H2,1H3. The van der Waals surface area contributed by atoms with Crippen LogP contribution in [0.4, 0.5) is 0 Å². The molecule has 0 aliphatic carbocycles. The Hall–Kier alpha value is -0.620. The van der Waals surface area contributed by atoms with Gasteiger partial charge in [-0.3, -0.25) is 4.79 Å². The number of amides is 1. The zero-order chi connectivity index (χ0) is 12.9. The predicted octanol–water partition coefficient (Wildman–Crippen LogP) is 0.151. The summed E-state index contributed by atoms with van der Waals surface area (Å²) in [5, 5.41) is 0. The lowest BCUT2D eigenvalue weighted by atomic mass is 10.1. The molecule has 5 nitrogen and oxygen atoms in total. The van der Waals surface area contributed by atoms with Crippen molar-refractivity contribution in [3.8, 4) is 0 Å². The molecular weight excluding hydrogens is 240 g/mol. The number of nitrogens with two attached hydrogens (primary N) is 1. The molecule has 0 aromatic rings. The number of sulfone groups is 1. The smallest absolute Gasteiger partial charge is 0.239 e. The number of carbonyl (C=O) groups excluding carboxylic acids is 1. The van der Waals surface area contributed by atoms with Crippen molar-refractivity contribution in [1.82, 2.24) is 4.90 Å². The van der Waals surface area contributed by atoms with Gasteiger partial charge in [-0.05, 0) is 12.8 Å². The summed E-state index contributed by atoms with van der Waals surface area (Å²) in [5.74, 6) is 0.149. The van der Waals surface area contributed by atoms with Crippen LogP contribution in [-0.2, 0) is 14.6 Å². The van der Waals surface area contributed by atoms with Gasteiger partial charge in [0.1, 0.15) is 0 Å². The normalized spacial score (nSPS) is 21.9. The maximum Gasteiger partial charge on any atom is 0.239 e. The maximum atomic E-state index is 12.0. The number of hydrogen-bond acceptors (Lipinski definition) is 4. The van der Waals surface area contributed by atoms with Crippen LogP contribution in [-0.4, -0.2) is 49.9 Å². The third-order valence-electron chi connectivity index (χ3n) is 3.05. The molecule has 1 fully saturated rings. The fourth-order valence-corrected chi connectivity index (χ4v) is 3.21. The second-order valence-electron chi connectivity index (χ2n) is 4.58. The maximum absolute atomic E-state index is 12.0. The first kappa shape index (κ1) is 14.4. The largest absolute Gasteiger partial charge is 0.340 e. The van der Waals surface area contributed by atoms with E-state index in [2.05, 4.69) is 6.92 Å². The molecule has 0 aromatic carbocycles. The summed E-state index contributed by atoms with van der Waals surface area (Å²) in [7, 11) is -2.96. The molecule has 100 valence electrons. The van der Waals surface area contributed by atoms with Gasteiger partial charge in [-0.1, -0.05) is 19.8 Å². The lowest BCUT2D eigenvalue weighted by Gasteiger charge is -2.23. The zero-order valence-corrected chi connectivity index (χ0v) is 11.2. The Bertz CT molecular complexity index is 354. The minimum absolute atomic E-state index is 0.0687. The van der Waals surface area contributed by atoms with Crippen molar-refractivity contribution >= 4 is 15.7 Å². The molecule has 1 aliphatic heterocycles. The van der Waals surface area contributed by atoms with Gasteiger partial charge in [0.15, 0.2) is 9.84 Å². The molecule has 0 radical (unpaired) electrons. The number of carbonyl (C=O) groups is 1. The highest BCUT2D eigenvalue weighted by atomic mass is 32.2. The van der Waals surface area contributed by atoms with Gasteiger partial charge in [0, 0.05) is 13.1 Å². The molecule has 0 bridgehead atoms. The third-order valence-corrected chi connectivity index (χ3v) is 4.77. The Morgan fingerprint density at radius 3 is 2.71 bits per heavy atom. The summed E-state index contributed by atoms with van der Waals surface area (Å²) in [6, 6.07) is -0.476. The van der Waals surface area contributed by atoms with Crippen LogP contribution in [0.1, 0.15) is 32.6 Å². The van der Waals surface area contributed by atoms with Crippen LogP contribution in [0, 0.1) is 0 Å². The van der Waals surface area contributed by atoms with Crippen molar-refractivity contribution < 1.29 is 13.2 Å². The van der Waals surface area contributed by atoms with Crippen LogP contribution in [0.3, 0.4) is 0 Å². The van der Waals surface area contributed by atoms with Crippen molar-refractivity contribution in [2.45, 2.75) is 38.6 Å². The molecule has 1 rings (SSSR count).